The summed E-state index contributed by atoms with van der Waals surface area (Å²) in [6, 6.07) is 4.02. The van der Waals surface area contributed by atoms with Crippen LogP contribution in [0.5, 0.6) is 5.75 Å². The molecule has 3 heteroatoms. The van der Waals surface area contributed by atoms with Crippen molar-refractivity contribution in [1.82, 2.24) is 0 Å². The summed E-state index contributed by atoms with van der Waals surface area (Å²) in [6.07, 6.45) is 0.582. The molecule has 0 unspecified atom stereocenters. The molecule has 15 heavy (non-hydrogen) atoms. The van der Waals surface area contributed by atoms with Crippen molar-refractivity contribution < 1.29 is 14.6 Å². The Labute approximate surface area is 88.7 Å². The minimum absolute atomic E-state index is 0.284. The molecular weight excluding hydrogens is 192 g/mol. The van der Waals surface area contributed by atoms with Crippen molar-refractivity contribution >= 4 is 5.97 Å². The van der Waals surface area contributed by atoms with E-state index in [1.165, 1.54) is 0 Å². The molecule has 0 fully saturated rings. The van der Waals surface area contributed by atoms with Gasteiger partial charge in [-0.15, -0.1) is 0 Å². The molecule has 0 saturated carbocycles. The van der Waals surface area contributed by atoms with Gasteiger partial charge >= 0.3 is 5.97 Å². The van der Waals surface area contributed by atoms with E-state index in [-0.39, 0.29) is 6.61 Å². The highest BCUT2D eigenvalue weighted by Gasteiger charge is 2.27. The predicted molar refractivity (Wildman–Crippen MR) is 56.2 cm³/mol. The summed E-state index contributed by atoms with van der Waals surface area (Å²) < 4.78 is 5.53. The van der Waals surface area contributed by atoms with Gasteiger partial charge in [0.25, 0.3) is 0 Å². The Balaban J connectivity index is 2.41. The molecule has 0 bridgehead atoms. The van der Waals surface area contributed by atoms with Gasteiger partial charge in [-0.1, -0.05) is 12.1 Å². The first kappa shape index (κ1) is 10.0. The number of benzene rings is 1. The number of aryl methyl sites for hydroxylation is 2. The van der Waals surface area contributed by atoms with Gasteiger partial charge in [0.05, 0.1) is 5.92 Å². The smallest absolute Gasteiger partial charge is 0.310 e. The highest BCUT2D eigenvalue weighted by atomic mass is 16.5. The van der Waals surface area contributed by atoms with Crippen molar-refractivity contribution in [3.63, 3.8) is 0 Å². The Hall–Kier alpha value is -1.51. The highest BCUT2D eigenvalue weighted by molar-refractivity contribution is 5.71. The van der Waals surface area contributed by atoms with Gasteiger partial charge in [0.1, 0.15) is 12.4 Å². The quantitative estimate of drug-likeness (QED) is 0.763. The van der Waals surface area contributed by atoms with Crippen molar-refractivity contribution in [3.05, 3.63) is 28.8 Å². The number of aliphatic carboxylic acids is 1. The zero-order valence-corrected chi connectivity index (χ0v) is 8.91. The van der Waals surface area contributed by atoms with Crippen LogP contribution >= 0.6 is 0 Å². The molecule has 0 aromatic heterocycles. The van der Waals surface area contributed by atoms with E-state index in [2.05, 4.69) is 0 Å². The maximum absolute atomic E-state index is 10.9. The third-order valence-electron chi connectivity index (χ3n) is 2.92. The third kappa shape index (κ3) is 1.69. The Morgan fingerprint density at radius 2 is 2.07 bits per heavy atom. The molecule has 3 nitrogen and oxygen atoms in total. The van der Waals surface area contributed by atoms with Crippen LogP contribution in [0.25, 0.3) is 0 Å². The molecule has 1 heterocycles. The highest BCUT2D eigenvalue weighted by Crippen LogP contribution is 2.33. The number of rotatable bonds is 1. The summed E-state index contributed by atoms with van der Waals surface area (Å²) >= 11 is 0. The number of ether oxygens (including phenoxy) is 1. The van der Waals surface area contributed by atoms with Gasteiger partial charge in [-0.2, -0.15) is 0 Å². The lowest BCUT2D eigenvalue weighted by Crippen LogP contribution is -2.28. The lowest BCUT2D eigenvalue weighted by Gasteiger charge is -2.25. The number of carboxylic acids is 1. The Bertz CT molecular complexity index is 410. The van der Waals surface area contributed by atoms with Crippen LogP contribution in [0.3, 0.4) is 0 Å². The van der Waals surface area contributed by atoms with E-state index in [0.29, 0.717) is 6.42 Å². The van der Waals surface area contributed by atoms with E-state index in [1.54, 1.807) is 0 Å². The van der Waals surface area contributed by atoms with Gasteiger partial charge in [-0.3, -0.25) is 4.79 Å². The molecule has 0 amide bonds. The first-order valence-corrected chi connectivity index (χ1v) is 5.04. The fourth-order valence-corrected chi connectivity index (χ4v) is 1.95. The van der Waals surface area contributed by atoms with Crippen LogP contribution in [0.4, 0.5) is 0 Å². The zero-order chi connectivity index (χ0) is 11.0. The van der Waals surface area contributed by atoms with Crippen LogP contribution in [0, 0.1) is 19.8 Å². The summed E-state index contributed by atoms with van der Waals surface area (Å²) in [5.74, 6) is -0.299. The van der Waals surface area contributed by atoms with Crippen molar-refractivity contribution in [2.75, 3.05) is 6.61 Å². The minimum atomic E-state index is -0.776. The topological polar surface area (TPSA) is 46.5 Å². The average molecular weight is 206 g/mol. The van der Waals surface area contributed by atoms with Crippen LogP contribution < -0.4 is 4.74 Å². The molecule has 2 rings (SSSR count). The standard InChI is InChI=1S/C12H14O3/c1-7-3-4-8(2)11-10(7)5-9(6-15-11)12(13)14/h3-4,9H,5-6H2,1-2H3,(H,13,14)/t9-/m0/s1. The maximum Gasteiger partial charge on any atom is 0.310 e. The SMILES string of the molecule is Cc1ccc(C)c2c1C[C@H](C(=O)O)CO2. The van der Waals surface area contributed by atoms with Crippen molar-refractivity contribution in [3.8, 4) is 5.75 Å². The van der Waals surface area contributed by atoms with E-state index in [0.717, 1.165) is 22.4 Å². The molecule has 0 radical (unpaired) electrons. The Morgan fingerprint density at radius 1 is 1.40 bits per heavy atom. The summed E-state index contributed by atoms with van der Waals surface area (Å²) in [5, 5.41) is 8.94. The lowest BCUT2D eigenvalue weighted by molar-refractivity contribution is -0.143. The second kappa shape index (κ2) is 3.57. The minimum Gasteiger partial charge on any atom is -0.492 e. The summed E-state index contributed by atoms with van der Waals surface area (Å²) in [5.41, 5.74) is 3.25. The molecule has 0 aliphatic carbocycles. The summed E-state index contributed by atoms with van der Waals surface area (Å²) in [7, 11) is 0. The van der Waals surface area contributed by atoms with E-state index in [9.17, 15) is 4.79 Å². The van der Waals surface area contributed by atoms with Crippen molar-refractivity contribution in [1.29, 1.82) is 0 Å². The second-order valence-electron chi connectivity index (χ2n) is 4.06. The van der Waals surface area contributed by atoms with E-state index >= 15 is 0 Å². The molecule has 0 saturated heterocycles. The summed E-state index contributed by atoms with van der Waals surface area (Å²) in [6.45, 7) is 4.26. The fourth-order valence-electron chi connectivity index (χ4n) is 1.95. The predicted octanol–water partition coefficient (Wildman–Crippen LogP) is 1.94. The lowest BCUT2D eigenvalue weighted by atomic mass is 9.92. The maximum atomic E-state index is 10.9. The normalized spacial score (nSPS) is 19.2. The van der Waals surface area contributed by atoms with Crippen LogP contribution in [0.15, 0.2) is 12.1 Å². The first-order valence-electron chi connectivity index (χ1n) is 5.04. The second-order valence-corrected chi connectivity index (χ2v) is 4.06. The Kier molecular flexibility index (Phi) is 2.39. The zero-order valence-electron chi connectivity index (χ0n) is 8.91. The molecule has 0 spiro atoms. The Morgan fingerprint density at radius 3 is 2.73 bits per heavy atom. The fraction of sp³-hybridized carbons (Fsp3) is 0.417. The number of carbonyl (C=O) groups is 1. The number of fused-ring (bicyclic) bond motifs is 1. The van der Waals surface area contributed by atoms with Crippen LogP contribution in [-0.4, -0.2) is 17.7 Å². The van der Waals surface area contributed by atoms with E-state index in [1.807, 2.05) is 26.0 Å². The number of hydrogen-bond donors (Lipinski definition) is 1. The number of carboxylic acid groups (broad SMARTS) is 1. The molecule has 1 aliphatic rings. The van der Waals surface area contributed by atoms with Gasteiger partial charge < -0.3 is 9.84 Å². The molecule has 1 aliphatic heterocycles. The van der Waals surface area contributed by atoms with Crippen molar-refractivity contribution in [2.24, 2.45) is 5.92 Å². The van der Waals surface area contributed by atoms with Gasteiger partial charge in [-0.25, -0.2) is 0 Å². The molecule has 1 atom stereocenters. The van der Waals surface area contributed by atoms with Crippen LogP contribution in [0.2, 0.25) is 0 Å². The third-order valence-corrected chi connectivity index (χ3v) is 2.92. The number of hydrogen-bond acceptors (Lipinski definition) is 2. The van der Waals surface area contributed by atoms with E-state index in [4.69, 9.17) is 9.84 Å². The molecule has 1 N–H and O–H groups in total. The van der Waals surface area contributed by atoms with Gasteiger partial charge in [0.15, 0.2) is 0 Å². The van der Waals surface area contributed by atoms with Gasteiger partial charge in [-0.05, 0) is 37.0 Å². The van der Waals surface area contributed by atoms with Crippen LogP contribution in [-0.2, 0) is 11.2 Å². The largest absolute Gasteiger partial charge is 0.492 e. The molecule has 1 aromatic carbocycles. The molecule has 80 valence electrons. The van der Waals surface area contributed by atoms with E-state index < -0.39 is 11.9 Å². The average Bonchev–Trinajstić information content (AvgIpc) is 2.23. The van der Waals surface area contributed by atoms with Gasteiger partial charge in [0.2, 0.25) is 0 Å². The summed E-state index contributed by atoms with van der Waals surface area (Å²) in [4.78, 5) is 10.9. The molecular formula is C12H14O3. The first-order chi connectivity index (χ1) is 7.09. The monoisotopic (exact) mass is 206 g/mol. The molecule has 1 aromatic rings. The van der Waals surface area contributed by atoms with Gasteiger partial charge in [0, 0.05) is 0 Å². The van der Waals surface area contributed by atoms with Crippen molar-refractivity contribution in [2.45, 2.75) is 20.3 Å². The van der Waals surface area contributed by atoms with Crippen LogP contribution in [0.1, 0.15) is 16.7 Å².